The minimum atomic E-state index is -0.137. The van der Waals surface area contributed by atoms with Crippen LogP contribution in [0.25, 0.3) is 33.5 Å². The van der Waals surface area contributed by atoms with Gasteiger partial charge in [-0.3, -0.25) is 5.41 Å². The number of benzene rings is 3. The minimum absolute atomic E-state index is 0.0479. The Morgan fingerprint density at radius 2 is 1.79 bits per heavy atom. The SMILES string of the molecule is N=C(N)c1ccc2nc(-c3cc(/C(=N/N)NN)cc(-c4cc(CN)ccc4O)c3O)[nH]c2c1. The molecular formula is C22H23N9O2. The second kappa shape index (κ2) is 8.49. The number of rotatable bonds is 5. The number of nitrogens with one attached hydrogen (secondary N) is 3. The van der Waals surface area contributed by atoms with Crippen LogP contribution in [0.4, 0.5) is 0 Å². The van der Waals surface area contributed by atoms with Crippen LogP contribution in [0.5, 0.6) is 11.5 Å². The summed E-state index contributed by atoms with van der Waals surface area (Å²) in [6.45, 7) is 0.252. The topological polar surface area (TPSA) is 221 Å². The smallest absolute Gasteiger partial charge is 0.166 e. The minimum Gasteiger partial charge on any atom is -0.507 e. The van der Waals surface area contributed by atoms with Crippen LogP contribution in [0.15, 0.2) is 53.6 Å². The number of amidine groups is 2. The van der Waals surface area contributed by atoms with E-state index in [1.807, 2.05) is 0 Å². The Labute approximate surface area is 188 Å². The van der Waals surface area contributed by atoms with E-state index in [1.165, 1.54) is 6.07 Å². The fourth-order valence-electron chi connectivity index (χ4n) is 3.58. The van der Waals surface area contributed by atoms with E-state index in [2.05, 4.69) is 20.5 Å². The second-order valence-electron chi connectivity index (χ2n) is 7.33. The zero-order valence-corrected chi connectivity index (χ0v) is 17.4. The number of H-pyrrole nitrogens is 1. The van der Waals surface area contributed by atoms with E-state index in [0.29, 0.717) is 44.7 Å². The summed E-state index contributed by atoms with van der Waals surface area (Å²) in [6, 6.07) is 13.2. The van der Waals surface area contributed by atoms with Crippen LogP contribution in [-0.4, -0.2) is 31.9 Å². The van der Waals surface area contributed by atoms with Crippen molar-refractivity contribution in [1.82, 2.24) is 15.4 Å². The van der Waals surface area contributed by atoms with E-state index < -0.39 is 0 Å². The average molecular weight is 445 g/mol. The molecule has 3 aromatic carbocycles. The predicted octanol–water partition coefficient (Wildman–Crippen LogP) is 1.13. The van der Waals surface area contributed by atoms with Gasteiger partial charge in [-0.2, -0.15) is 5.10 Å². The molecule has 0 aliphatic carbocycles. The van der Waals surface area contributed by atoms with Crippen molar-refractivity contribution in [3.05, 3.63) is 65.2 Å². The van der Waals surface area contributed by atoms with Crippen LogP contribution in [0, 0.1) is 5.41 Å². The van der Waals surface area contributed by atoms with Crippen molar-refractivity contribution in [3.63, 3.8) is 0 Å². The molecule has 0 fully saturated rings. The molecule has 0 amide bonds. The number of fused-ring (bicyclic) bond motifs is 1. The number of aromatic nitrogens is 2. The van der Waals surface area contributed by atoms with Crippen molar-refractivity contribution in [2.24, 2.45) is 28.3 Å². The van der Waals surface area contributed by atoms with Crippen LogP contribution in [-0.2, 0) is 6.54 Å². The summed E-state index contributed by atoms with van der Waals surface area (Å²) >= 11 is 0. The molecule has 0 unspecified atom stereocenters. The number of phenolic OH excluding ortho intramolecular Hbond substituents is 2. The molecule has 168 valence electrons. The lowest BCUT2D eigenvalue weighted by Crippen LogP contribution is -2.32. The lowest BCUT2D eigenvalue weighted by atomic mass is 9.95. The molecule has 1 aromatic heterocycles. The summed E-state index contributed by atoms with van der Waals surface area (Å²) in [5.41, 5.74) is 17.7. The standard InChI is InChI=1S/C22H23N9O2/c23-9-10-1-4-18(32)13(5-10)14-6-12(21(30-26)31-27)7-15(19(14)33)22-28-16-3-2-11(20(24)25)8-17(16)29-22/h1-8,32-33H,9,23,26-27H2,(H3,24,25)(H,28,29)(H,30,31). The highest BCUT2D eigenvalue weighted by Crippen LogP contribution is 2.42. The van der Waals surface area contributed by atoms with Gasteiger partial charge in [0.1, 0.15) is 23.2 Å². The first kappa shape index (κ1) is 21.6. The Bertz CT molecular complexity index is 1410. The molecular weight excluding hydrogens is 422 g/mol. The van der Waals surface area contributed by atoms with Gasteiger partial charge in [0.15, 0.2) is 5.84 Å². The van der Waals surface area contributed by atoms with E-state index in [1.54, 1.807) is 42.5 Å². The third-order valence-corrected chi connectivity index (χ3v) is 5.28. The van der Waals surface area contributed by atoms with Crippen LogP contribution in [0.2, 0.25) is 0 Å². The number of nitrogen functional groups attached to an aromatic ring is 1. The molecule has 0 atom stereocenters. The molecule has 0 aliphatic heterocycles. The number of hydrazine groups is 1. The van der Waals surface area contributed by atoms with Crippen molar-refractivity contribution < 1.29 is 10.2 Å². The molecule has 4 aromatic rings. The molecule has 1 heterocycles. The summed E-state index contributed by atoms with van der Waals surface area (Å²) in [5, 5.41) is 33.0. The molecule has 13 N–H and O–H groups in total. The number of nitrogens with zero attached hydrogens (tertiary/aromatic N) is 2. The van der Waals surface area contributed by atoms with Crippen LogP contribution in [0.3, 0.4) is 0 Å². The molecule has 0 saturated heterocycles. The number of hydrogen-bond acceptors (Lipinski definition) is 8. The van der Waals surface area contributed by atoms with E-state index in [9.17, 15) is 10.2 Å². The van der Waals surface area contributed by atoms with Gasteiger partial charge in [0.05, 0.1) is 16.6 Å². The van der Waals surface area contributed by atoms with E-state index in [4.69, 9.17) is 28.6 Å². The number of aromatic amines is 1. The van der Waals surface area contributed by atoms with Crippen molar-refractivity contribution in [1.29, 1.82) is 5.41 Å². The summed E-state index contributed by atoms with van der Waals surface area (Å²) < 4.78 is 0. The lowest BCUT2D eigenvalue weighted by Gasteiger charge is -2.15. The van der Waals surface area contributed by atoms with Gasteiger partial charge in [-0.25, -0.2) is 10.8 Å². The number of hydrogen-bond donors (Lipinski definition) is 9. The van der Waals surface area contributed by atoms with Crippen LogP contribution < -0.4 is 28.6 Å². The number of hydrazone groups is 1. The molecule has 11 heteroatoms. The number of aromatic hydroxyl groups is 2. The normalized spacial score (nSPS) is 11.6. The Kier molecular flexibility index (Phi) is 5.56. The highest BCUT2D eigenvalue weighted by molar-refractivity contribution is 6.02. The van der Waals surface area contributed by atoms with Crippen molar-refractivity contribution in [2.75, 3.05) is 0 Å². The van der Waals surface area contributed by atoms with Crippen molar-refractivity contribution in [2.45, 2.75) is 6.54 Å². The first-order valence-electron chi connectivity index (χ1n) is 9.85. The monoisotopic (exact) mass is 445 g/mol. The van der Waals surface area contributed by atoms with Gasteiger partial charge in [-0.15, -0.1) is 0 Å². The maximum atomic E-state index is 11.2. The Morgan fingerprint density at radius 1 is 1.03 bits per heavy atom. The fraction of sp³-hybridized carbons (Fsp3) is 0.0455. The fourth-order valence-corrected chi connectivity index (χ4v) is 3.58. The van der Waals surface area contributed by atoms with Crippen molar-refractivity contribution in [3.8, 4) is 34.0 Å². The van der Waals surface area contributed by atoms with E-state index in [-0.39, 0.29) is 29.7 Å². The zero-order valence-electron chi connectivity index (χ0n) is 17.4. The molecule has 11 nitrogen and oxygen atoms in total. The highest BCUT2D eigenvalue weighted by atomic mass is 16.3. The lowest BCUT2D eigenvalue weighted by molar-refractivity contribution is 0.470. The zero-order chi connectivity index (χ0) is 23.7. The summed E-state index contributed by atoms with van der Waals surface area (Å²) in [7, 11) is 0. The summed E-state index contributed by atoms with van der Waals surface area (Å²) in [4.78, 5) is 7.69. The highest BCUT2D eigenvalue weighted by Gasteiger charge is 2.20. The number of phenols is 2. The molecule has 0 spiro atoms. The predicted molar refractivity (Wildman–Crippen MR) is 127 cm³/mol. The van der Waals surface area contributed by atoms with Gasteiger partial charge in [0, 0.05) is 28.8 Å². The van der Waals surface area contributed by atoms with Crippen molar-refractivity contribution >= 4 is 22.7 Å². The molecule has 0 aliphatic rings. The van der Waals surface area contributed by atoms with Crippen LogP contribution in [0.1, 0.15) is 16.7 Å². The molecule has 4 rings (SSSR count). The molecule has 0 bridgehead atoms. The van der Waals surface area contributed by atoms with E-state index >= 15 is 0 Å². The molecule has 33 heavy (non-hydrogen) atoms. The maximum absolute atomic E-state index is 11.2. The second-order valence-corrected chi connectivity index (χ2v) is 7.33. The number of imidazole rings is 1. The van der Waals surface area contributed by atoms with Gasteiger partial charge in [0.2, 0.25) is 0 Å². The largest absolute Gasteiger partial charge is 0.507 e. The Morgan fingerprint density at radius 3 is 2.45 bits per heavy atom. The molecule has 0 radical (unpaired) electrons. The Balaban J connectivity index is 1.99. The van der Waals surface area contributed by atoms with Crippen LogP contribution >= 0.6 is 0 Å². The Hall–Kier alpha value is -4.61. The number of nitrogens with two attached hydrogens (primary N) is 4. The third kappa shape index (κ3) is 3.89. The van der Waals surface area contributed by atoms with Gasteiger partial charge >= 0.3 is 0 Å². The van der Waals surface area contributed by atoms with E-state index in [0.717, 1.165) is 5.56 Å². The summed E-state index contributed by atoms with van der Waals surface area (Å²) in [6.07, 6.45) is 0. The quantitative estimate of drug-likeness (QED) is 0.0935. The first-order valence-corrected chi connectivity index (χ1v) is 9.85. The maximum Gasteiger partial charge on any atom is 0.166 e. The third-order valence-electron chi connectivity index (χ3n) is 5.28. The first-order chi connectivity index (χ1) is 15.9. The van der Waals surface area contributed by atoms with Gasteiger partial charge in [-0.05, 0) is 48.0 Å². The average Bonchev–Trinajstić information content (AvgIpc) is 3.24. The van der Waals surface area contributed by atoms with Gasteiger partial charge in [-0.1, -0.05) is 6.07 Å². The van der Waals surface area contributed by atoms with Gasteiger partial charge < -0.3 is 37.9 Å². The molecule has 0 saturated carbocycles. The summed E-state index contributed by atoms with van der Waals surface area (Å²) in [5.74, 6) is 11.3. The van der Waals surface area contributed by atoms with Gasteiger partial charge in [0.25, 0.3) is 0 Å².